The fourth-order valence-corrected chi connectivity index (χ4v) is 5.82. The molecular weight excluding hydrogens is 395 g/mol. The van der Waals surface area contributed by atoms with E-state index >= 15 is 0 Å². The van der Waals surface area contributed by atoms with Crippen molar-refractivity contribution < 1.29 is 21.6 Å². The number of benzene rings is 1. The summed E-state index contributed by atoms with van der Waals surface area (Å²) in [4.78, 5) is 0. The molecule has 0 spiro atoms. The van der Waals surface area contributed by atoms with Gasteiger partial charge in [0.25, 0.3) is 0 Å². The first kappa shape index (κ1) is 21.6. The molecule has 5 heteroatoms. The summed E-state index contributed by atoms with van der Waals surface area (Å²) in [5, 5.41) is 0. The second-order valence-electron chi connectivity index (χ2n) is 6.66. The van der Waals surface area contributed by atoms with Gasteiger partial charge in [-0.2, -0.15) is 0 Å². The molecule has 0 unspecified atom stereocenters. The van der Waals surface area contributed by atoms with E-state index in [1.54, 1.807) is 0 Å². The van der Waals surface area contributed by atoms with Gasteiger partial charge in [0, 0.05) is 30.7 Å². The summed E-state index contributed by atoms with van der Waals surface area (Å²) in [5.74, 6) is 1.27. The third kappa shape index (κ3) is 5.71. The quantitative estimate of drug-likeness (QED) is 0.522. The van der Waals surface area contributed by atoms with E-state index < -0.39 is 8.45 Å². The van der Waals surface area contributed by atoms with E-state index in [0.29, 0.717) is 12.6 Å². The number of anilines is 1. The van der Waals surface area contributed by atoms with Gasteiger partial charge in [-0.1, -0.05) is 18.2 Å². The number of para-hydroxylation sites is 1. The summed E-state index contributed by atoms with van der Waals surface area (Å²) >= 11 is 0. The SMILES string of the molecule is [CH]1[CH][CH][CH][CH]1.[CH]1[CH][CH][C](CO[P@@]2N(c3ccccc3)C[C@@H]3CCCN32)[CH]1.[Fe+2]. The molecule has 0 amide bonds. The zero-order valence-electron chi connectivity index (χ0n) is 15.3. The summed E-state index contributed by atoms with van der Waals surface area (Å²) in [6.45, 7) is 3.00. The van der Waals surface area contributed by atoms with Crippen molar-refractivity contribution in [2.45, 2.75) is 18.9 Å². The molecule has 3 nitrogen and oxygen atoms in total. The van der Waals surface area contributed by atoms with Gasteiger partial charge in [-0.25, -0.2) is 4.67 Å². The largest absolute Gasteiger partial charge is 2.00 e. The van der Waals surface area contributed by atoms with Gasteiger partial charge in [-0.3, -0.25) is 0 Å². The van der Waals surface area contributed by atoms with E-state index in [-0.39, 0.29) is 17.1 Å². The van der Waals surface area contributed by atoms with Crippen molar-refractivity contribution in [3.05, 3.63) is 94.0 Å². The predicted molar refractivity (Wildman–Crippen MR) is 108 cm³/mol. The molecule has 1 aromatic carbocycles. The molecule has 4 aliphatic rings. The van der Waals surface area contributed by atoms with Gasteiger partial charge >= 0.3 is 17.1 Å². The molecule has 2 atom stereocenters. The van der Waals surface area contributed by atoms with Crippen molar-refractivity contribution in [2.75, 3.05) is 24.4 Å². The summed E-state index contributed by atoms with van der Waals surface area (Å²) in [7, 11) is -0.663. The van der Waals surface area contributed by atoms with Gasteiger partial charge in [0.15, 0.2) is 0 Å². The molecule has 5 rings (SSSR count). The molecule has 2 aliphatic heterocycles. The van der Waals surface area contributed by atoms with E-state index in [4.69, 9.17) is 4.52 Å². The van der Waals surface area contributed by atoms with Crippen LogP contribution in [0.5, 0.6) is 0 Å². The zero-order chi connectivity index (χ0) is 17.6. The summed E-state index contributed by atoms with van der Waals surface area (Å²) in [5.41, 5.74) is 1.29. The normalized spacial score (nSPS) is 27.9. The fraction of sp³-hybridized carbons (Fsp3) is 0.273. The second kappa shape index (κ2) is 11.2. The number of fused-ring (bicyclic) bond motifs is 1. The van der Waals surface area contributed by atoms with Crippen LogP contribution in [0.1, 0.15) is 12.8 Å². The molecule has 2 saturated carbocycles. The van der Waals surface area contributed by atoms with E-state index in [2.05, 4.69) is 65.4 Å². The second-order valence-corrected chi connectivity index (χ2v) is 8.42. The number of hydrogen-bond acceptors (Lipinski definition) is 3. The van der Waals surface area contributed by atoms with Crippen molar-refractivity contribution in [2.24, 2.45) is 0 Å². The van der Waals surface area contributed by atoms with Crippen molar-refractivity contribution in [3.63, 3.8) is 0 Å². The van der Waals surface area contributed by atoms with E-state index in [1.165, 1.54) is 31.0 Å². The Morgan fingerprint density at radius 3 is 2.26 bits per heavy atom. The standard InChI is InChI=1S/C17H20N2OP.C5H5.Fe/c1-2-9-16(10-3-1)19-13-17-11-6-12-18(17)21(19)20-14-15-7-4-5-8-15;1-2-4-5-3-1;/h1-5,7-10,17H,6,11-14H2;1-5H;/q;;+2/t17-,21+;;/m0../s1. The average Bonchev–Trinajstić information content (AvgIpc) is 3.48. The maximum Gasteiger partial charge on any atom is 2.00 e. The van der Waals surface area contributed by atoms with Crippen molar-refractivity contribution in [1.29, 1.82) is 0 Å². The molecule has 0 N–H and O–H groups in total. The minimum Gasteiger partial charge on any atom is -0.326 e. The molecule has 140 valence electrons. The fourth-order valence-electron chi connectivity index (χ4n) is 3.55. The maximum absolute atomic E-state index is 6.34. The molecule has 1 aromatic rings. The Hall–Kier alpha value is -0.111. The summed E-state index contributed by atoms with van der Waals surface area (Å²) in [6, 6.07) is 11.4. The van der Waals surface area contributed by atoms with E-state index in [1.807, 2.05) is 32.1 Å². The Morgan fingerprint density at radius 2 is 1.59 bits per heavy atom. The minimum absolute atomic E-state index is 0. The molecule has 10 radical (unpaired) electrons. The van der Waals surface area contributed by atoms with Gasteiger partial charge in [-0.15, -0.1) is 0 Å². The van der Waals surface area contributed by atoms with Crippen molar-refractivity contribution in [3.8, 4) is 0 Å². The molecule has 4 fully saturated rings. The Morgan fingerprint density at radius 1 is 0.926 bits per heavy atom. The van der Waals surface area contributed by atoms with Crippen LogP contribution in [0.15, 0.2) is 30.3 Å². The summed E-state index contributed by atoms with van der Waals surface area (Å²) < 4.78 is 11.4. The number of nitrogens with zero attached hydrogens (tertiary/aromatic N) is 2. The Balaban J connectivity index is 0.000000306. The zero-order valence-corrected chi connectivity index (χ0v) is 17.3. The predicted octanol–water partition coefficient (Wildman–Crippen LogP) is 4.64. The van der Waals surface area contributed by atoms with Gasteiger partial charge in [0.1, 0.15) is 0 Å². The van der Waals surface area contributed by atoms with Gasteiger partial charge in [-0.05, 0) is 82.8 Å². The smallest absolute Gasteiger partial charge is 0.326 e. The van der Waals surface area contributed by atoms with Crippen LogP contribution in [-0.2, 0) is 21.6 Å². The first-order chi connectivity index (χ1) is 12.9. The van der Waals surface area contributed by atoms with E-state index in [9.17, 15) is 0 Å². The van der Waals surface area contributed by atoms with Crippen molar-refractivity contribution in [1.82, 2.24) is 4.67 Å². The third-order valence-electron chi connectivity index (χ3n) is 4.84. The van der Waals surface area contributed by atoms with Crippen LogP contribution in [0.25, 0.3) is 0 Å². The van der Waals surface area contributed by atoms with Crippen LogP contribution in [0, 0.1) is 63.7 Å². The number of rotatable bonds is 4. The van der Waals surface area contributed by atoms with Crippen LogP contribution >= 0.6 is 8.45 Å². The van der Waals surface area contributed by atoms with Crippen LogP contribution in [0.2, 0.25) is 0 Å². The maximum atomic E-state index is 6.34. The Kier molecular flexibility index (Phi) is 8.94. The van der Waals surface area contributed by atoms with Crippen LogP contribution in [-0.4, -0.2) is 30.4 Å². The summed E-state index contributed by atoms with van der Waals surface area (Å²) in [6.07, 6.45) is 21.1. The van der Waals surface area contributed by atoms with Crippen molar-refractivity contribution >= 4 is 14.1 Å². The van der Waals surface area contributed by atoms with Gasteiger partial charge in [0.05, 0.1) is 6.61 Å². The molecule has 2 saturated heterocycles. The topological polar surface area (TPSA) is 15.7 Å². The average molecular weight is 420 g/mol. The van der Waals surface area contributed by atoms with E-state index in [0.717, 1.165) is 6.54 Å². The monoisotopic (exact) mass is 420 g/mol. The van der Waals surface area contributed by atoms with Crippen LogP contribution < -0.4 is 4.67 Å². The third-order valence-corrected chi connectivity index (χ3v) is 6.98. The minimum atomic E-state index is -0.663. The number of hydrogen-bond donors (Lipinski definition) is 0. The molecule has 2 aliphatic carbocycles. The molecular formula is C22H25FeN2OP+2. The molecule has 0 aromatic heterocycles. The molecule has 2 heterocycles. The van der Waals surface area contributed by atoms with Crippen LogP contribution in [0.4, 0.5) is 5.69 Å². The Labute approximate surface area is 177 Å². The van der Waals surface area contributed by atoms with Gasteiger partial charge < -0.3 is 9.19 Å². The van der Waals surface area contributed by atoms with Crippen LogP contribution in [0.3, 0.4) is 0 Å². The first-order valence-corrected chi connectivity index (χ1v) is 10.5. The Bertz CT molecular complexity index is 529. The van der Waals surface area contributed by atoms with Gasteiger partial charge in [0.2, 0.25) is 8.45 Å². The first-order valence-electron chi connectivity index (χ1n) is 9.31. The molecule has 27 heavy (non-hydrogen) atoms. The molecule has 0 bridgehead atoms.